The first kappa shape index (κ1) is 21.3. The van der Waals surface area contributed by atoms with Crippen molar-refractivity contribution in [3.8, 4) is 11.5 Å². The first-order valence-corrected chi connectivity index (χ1v) is 11.6. The van der Waals surface area contributed by atoms with Crippen LogP contribution in [0, 0.1) is 11.8 Å². The number of ether oxygens (including phenoxy) is 1. The molecule has 3 unspecified atom stereocenters. The minimum Gasteiger partial charge on any atom is -0.457 e. The van der Waals surface area contributed by atoms with Crippen LogP contribution < -0.4 is 4.74 Å². The number of nitrogens with zero attached hydrogens (tertiary/aromatic N) is 3. The smallest absolute Gasteiger partial charge is 0.246 e. The lowest BCUT2D eigenvalue weighted by molar-refractivity contribution is -0.125. The fraction of sp³-hybridized carbons (Fsp3) is 0.286. The molecule has 0 aliphatic carbocycles. The first-order valence-electron chi connectivity index (χ1n) is 11.6. The van der Waals surface area contributed by atoms with E-state index in [-0.39, 0.29) is 11.9 Å². The lowest BCUT2D eigenvalue weighted by atomic mass is 9.83. The van der Waals surface area contributed by atoms with Crippen molar-refractivity contribution in [1.82, 2.24) is 9.80 Å². The maximum Gasteiger partial charge on any atom is 0.246 e. The second-order valence-corrected chi connectivity index (χ2v) is 8.82. The molecule has 168 valence electrons. The van der Waals surface area contributed by atoms with Gasteiger partial charge in [-0.05, 0) is 60.9 Å². The summed E-state index contributed by atoms with van der Waals surface area (Å²) < 4.78 is 5.98. The summed E-state index contributed by atoms with van der Waals surface area (Å²) in [5.41, 5.74) is 3.90. The highest BCUT2D eigenvalue weighted by atomic mass is 16.5. The Balaban J connectivity index is 1.38. The number of allylic oxidation sites excluding steroid dienone is 2. The van der Waals surface area contributed by atoms with Crippen LogP contribution in [0.4, 0.5) is 0 Å². The number of hydrogen-bond acceptors (Lipinski definition) is 4. The molecule has 2 aromatic rings. The molecule has 0 N–H and O–H groups in total. The number of benzene rings is 2. The van der Waals surface area contributed by atoms with E-state index in [1.807, 2.05) is 72.9 Å². The van der Waals surface area contributed by atoms with Gasteiger partial charge in [0.25, 0.3) is 0 Å². The Morgan fingerprint density at radius 1 is 1.09 bits per heavy atom. The molecule has 5 rings (SSSR count). The molecule has 3 aliphatic rings. The first-order chi connectivity index (χ1) is 16.2. The number of hydrogen-bond donors (Lipinski definition) is 0. The monoisotopic (exact) mass is 439 g/mol. The number of carbonyl (C=O) groups excluding carboxylic acids is 1. The zero-order chi connectivity index (χ0) is 22.8. The van der Waals surface area contributed by atoms with Crippen LogP contribution in [0.15, 0.2) is 95.3 Å². The standard InChI is InChI=1S/C28H29N3O2/c1-3-7-26(32)30-17-15-22(18-30)27-20(2)28(31-19-29-16-14-25(27)31)21-10-12-24(13-11-21)33-23-8-5-4-6-9-23/h3-14,16,19-20,22,28H,15,17-18H2,1-2H3. The number of amides is 1. The molecule has 0 spiro atoms. The highest BCUT2D eigenvalue weighted by Crippen LogP contribution is 2.48. The molecular weight excluding hydrogens is 410 g/mol. The molecule has 0 radical (unpaired) electrons. The van der Waals surface area contributed by atoms with Gasteiger partial charge in [-0.25, -0.2) is 4.99 Å². The van der Waals surface area contributed by atoms with Crippen LogP contribution in [0.1, 0.15) is 31.9 Å². The van der Waals surface area contributed by atoms with Gasteiger partial charge in [-0.15, -0.1) is 0 Å². The van der Waals surface area contributed by atoms with E-state index < -0.39 is 0 Å². The Hall–Kier alpha value is -3.60. The quantitative estimate of drug-likeness (QED) is 0.561. The Kier molecular flexibility index (Phi) is 5.86. The van der Waals surface area contributed by atoms with E-state index in [0.717, 1.165) is 31.0 Å². The van der Waals surface area contributed by atoms with E-state index in [0.29, 0.717) is 11.8 Å². The number of aliphatic imine (C=N–C) groups is 1. The van der Waals surface area contributed by atoms with Gasteiger partial charge in [0.2, 0.25) is 5.91 Å². The van der Waals surface area contributed by atoms with Crippen LogP contribution in [-0.4, -0.2) is 35.1 Å². The van der Waals surface area contributed by atoms with E-state index in [1.54, 1.807) is 6.08 Å². The lowest BCUT2D eigenvalue weighted by Gasteiger charge is -2.28. The molecule has 5 nitrogen and oxygen atoms in total. The van der Waals surface area contributed by atoms with Gasteiger partial charge in [-0.2, -0.15) is 0 Å². The summed E-state index contributed by atoms with van der Waals surface area (Å²) in [4.78, 5) is 21.1. The number of rotatable bonds is 5. The average Bonchev–Trinajstić information content (AvgIpc) is 3.43. The summed E-state index contributed by atoms with van der Waals surface area (Å²) >= 11 is 0. The van der Waals surface area contributed by atoms with E-state index in [1.165, 1.54) is 16.8 Å². The van der Waals surface area contributed by atoms with Gasteiger partial charge < -0.3 is 14.5 Å². The SMILES string of the molecule is CC=CC(=O)N1CCC(C2=C3C=CN=CN3C(c3ccc(Oc4ccccc4)cc3)C2C)C1. The lowest BCUT2D eigenvalue weighted by Crippen LogP contribution is -2.27. The summed E-state index contributed by atoms with van der Waals surface area (Å²) in [6, 6.07) is 18.4. The highest BCUT2D eigenvalue weighted by molar-refractivity contribution is 5.87. The summed E-state index contributed by atoms with van der Waals surface area (Å²) in [7, 11) is 0. The minimum atomic E-state index is 0.111. The zero-order valence-electron chi connectivity index (χ0n) is 19.1. The molecule has 1 fully saturated rings. The van der Waals surface area contributed by atoms with Crippen molar-refractivity contribution < 1.29 is 9.53 Å². The molecule has 3 aliphatic heterocycles. The van der Waals surface area contributed by atoms with Gasteiger partial charge >= 0.3 is 0 Å². The van der Waals surface area contributed by atoms with Crippen LogP contribution >= 0.6 is 0 Å². The molecule has 2 aromatic carbocycles. The maximum atomic E-state index is 12.4. The van der Waals surface area contributed by atoms with Crippen molar-refractivity contribution in [2.45, 2.75) is 26.3 Å². The zero-order valence-corrected chi connectivity index (χ0v) is 19.1. The van der Waals surface area contributed by atoms with Crippen LogP contribution in [-0.2, 0) is 4.79 Å². The average molecular weight is 440 g/mol. The minimum absolute atomic E-state index is 0.111. The highest BCUT2D eigenvalue weighted by Gasteiger charge is 2.43. The molecular formula is C28H29N3O2. The van der Waals surface area contributed by atoms with Gasteiger partial charge in [0, 0.05) is 36.8 Å². The van der Waals surface area contributed by atoms with Crippen LogP contribution in [0.25, 0.3) is 0 Å². The van der Waals surface area contributed by atoms with Crippen molar-refractivity contribution in [2.75, 3.05) is 13.1 Å². The molecule has 1 amide bonds. The molecule has 0 aromatic heterocycles. The van der Waals surface area contributed by atoms with Crippen LogP contribution in [0.3, 0.4) is 0 Å². The van der Waals surface area contributed by atoms with Crippen molar-refractivity contribution in [3.05, 3.63) is 95.9 Å². The molecule has 33 heavy (non-hydrogen) atoms. The third kappa shape index (κ3) is 4.11. The molecule has 3 heterocycles. The van der Waals surface area contributed by atoms with E-state index >= 15 is 0 Å². The predicted octanol–water partition coefficient (Wildman–Crippen LogP) is 5.71. The van der Waals surface area contributed by atoms with Crippen molar-refractivity contribution in [2.24, 2.45) is 16.8 Å². The second kappa shape index (κ2) is 9.10. The number of fused-ring (bicyclic) bond motifs is 1. The van der Waals surface area contributed by atoms with Crippen molar-refractivity contribution >= 4 is 12.2 Å². The normalized spacial score (nSPS) is 24.1. The van der Waals surface area contributed by atoms with E-state index in [2.05, 4.69) is 35.0 Å². The van der Waals surface area contributed by atoms with Gasteiger partial charge in [-0.3, -0.25) is 4.79 Å². The van der Waals surface area contributed by atoms with Crippen LogP contribution in [0.2, 0.25) is 0 Å². The van der Waals surface area contributed by atoms with Gasteiger partial charge in [0.05, 0.1) is 12.4 Å². The van der Waals surface area contributed by atoms with Crippen molar-refractivity contribution in [1.29, 1.82) is 0 Å². The molecule has 0 bridgehead atoms. The molecule has 0 saturated carbocycles. The Morgan fingerprint density at radius 2 is 1.85 bits per heavy atom. The second-order valence-electron chi connectivity index (χ2n) is 8.82. The maximum absolute atomic E-state index is 12.4. The summed E-state index contributed by atoms with van der Waals surface area (Å²) in [6.07, 6.45) is 10.4. The number of para-hydroxylation sites is 1. The topological polar surface area (TPSA) is 45.1 Å². The molecule has 5 heteroatoms. The van der Waals surface area contributed by atoms with Gasteiger partial charge in [0.15, 0.2) is 0 Å². The predicted molar refractivity (Wildman–Crippen MR) is 131 cm³/mol. The fourth-order valence-corrected chi connectivity index (χ4v) is 5.33. The fourth-order valence-electron chi connectivity index (χ4n) is 5.33. The van der Waals surface area contributed by atoms with Gasteiger partial charge in [-0.1, -0.05) is 43.3 Å². The Labute approximate surface area is 195 Å². The van der Waals surface area contributed by atoms with Crippen molar-refractivity contribution in [3.63, 3.8) is 0 Å². The van der Waals surface area contributed by atoms with Gasteiger partial charge in [0.1, 0.15) is 11.5 Å². The van der Waals surface area contributed by atoms with E-state index in [9.17, 15) is 4.79 Å². The summed E-state index contributed by atoms with van der Waals surface area (Å²) in [6.45, 7) is 5.78. The molecule has 3 atom stereocenters. The Morgan fingerprint density at radius 3 is 2.61 bits per heavy atom. The molecule has 1 saturated heterocycles. The Bertz CT molecular complexity index is 1130. The third-order valence-corrected chi connectivity index (χ3v) is 6.80. The summed E-state index contributed by atoms with van der Waals surface area (Å²) in [5.74, 6) is 2.45. The third-order valence-electron chi connectivity index (χ3n) is 6.80. The number of likely N-dealkylation sites (tertiary alicyclic amines) is 1. The van der Waals surface area contributed by atoms with E-state index in [4.69, 9.17) is 4.74 Å². The largest absolute Gasteiger partial charge is 0.457 e. The summed E-state index contributed by atoms with van der Waals surface area (Å²) in [5, 5.41) is 0. The van der Waals surface area contributed by atoms with Crippen LogP contribution in [0.5, 0.6) is 11.5 Å². The number of carbonyl (C=O) groups is 1.